The summed E-state index contributed by atoms with van der Waals surface area (Å²) in [4.78, 5) is 10.2. The molecular formula is C12H13F3N6. The van der Waals surface area contributed by atoms with Gasteiger partial charge in [-0.25, -0.2) is 4.98 Å². The molecule has 0 amide bonds. The minimum atomic E-state index is -4.55. The quantitative estimate of drug-likeness (QED) is 0.918. The number of hydrogen-bond donors (Lipinski definition) is 1. The third-order valence-corrected chi connectivity index (χ3v) is 3.30. The number of halogens is 3. The summed E-state index contributed by atoms with van der Waals surface area (Å²) < 4.78 is 37.6. The first-order valence-electron chi connectivity index (χ1n) is 6.45. The fraction of sp³-hybridized carbons (Fsp3) is 0.417. The number of nitrogen functional groups attached to an aromatic ring is 1. The highest BCUT2D eigenvalue weighted by Gasteiger charge is 2.31. The molecule has 0 atom stereocenters. The van der Waals surface area contributed by atoms with Gasteiger partial charge in [0.05, 0.1) is 11.9 Å². The smallest absolute Gasteiger partial charge is 0.368 e. The second-order valence-electron chi connectivity index (χ2n) is 4.81. The summed E-state index contributed by atoms with van der Waals surface area (Å²) >= 11 is 0. The largest absolute Gasteiger partial charge is 0.504 e. The standard InChI is InChI=1S/C12H13F3N6/c13-12(14,15)21-7-8(6-17-21)9-5-10(19-11(16)18-9)20-3-1-2-4-20/h5-7H,1-4H2,(H2,16,18,19). The van der Waals surface area contributed by atoms with E-state index in [9.17, 15) is 13.2 Å². The number of alkyl halides is 3. The molecule has 6 nitrogen and oxygen atoms in total. The molecular weight excluding hydrogens is 285 g/mol. The summed E-state index contributed by atoms with van der Waals surface area (Å²) in [5.41, 5.74) is 6.24. The number of rotatable bonds is 2. The molecule has 0 radical (unpaired) electrons. The number of anilines is 2. The first-order valence-corrected chi connectivity index (χ1v) is 6.45. The van der Waals surface area contributed by atoms with Gasteiger partial charge < -0.3 is 10.6 Å². The Labute approximate surface area is 118 Å². The second-order valence-corrected chi connectivity index (χ2v) is 4.81. The van der Waals surface area contributed by atoms with E-state index >= 15 is 0 Å². The normalized spacial score (nSPS) is 15.7. The lowest BCUT2D eigenvalue weighted by Gasteiger charge is -2.16. The Hall–Kier alpha value is -2.32. The highest BCUT2D eigenvalue weighted by molar-refractivity contribution is 5.63. The molecule has 0 aliphatic carbocycles. The fourth-order valence-electron chi connectivity index (χ4n) is 2.30. The molecule has 2 aromatic heterocycles. The number of hydrogen-bond acceptors (Lipinski definition) is 5. The Morgan fingerprint density at radius 2 is 1.86 bits per heavy atom. The Balaban J connectivity index is 1.96. The molecule has 0 bridgehead atoms. The lowest BCUT2D eigenvalue weighted by atomic mass is 10.2. The molecule has 0 spiro atoms. The van der Waals surface area contributed by atoms with Crippen molar-refractivity contribution in [2.75, 3.05) is 23.7 Å². The van der Waals surface area contributed by atoms with Crippen molar-refractivity contribution in [3.05, 3.63) is 18.5 Å². The topological polar surface area (TPSA) is 72.9 Å². The van der Waals surface area contributed by atoms with Crippen LogP contribution in [0.5, 0.6) is 0 Å². The molecule has 3 rings (SSSR count). The molecule has 1 aliphatic rings. The molecule has 0 saturated carbocycles. The van der Waals surface area contributed by atoms with E-state index in [4.69, 9.17) is 5.73 Å². The number of aromatic nitrogens is 4. The van der Waals surface area contributed by atoms with Crippen LogP contribution in [-0.4, -0.2) is 32.8 Å². The second kappa shape index (κ2) is 4.90. The van der Waals surface area contributed by atoms with Crippen LogP contribution in [0, 0.1) is 0 Å². The van der Waals surface area contributed by atoms with Gasteiger partial charge in [0.1, 0.15) is 5.82 Å². The van der Waals surface area contributed by atoms with Crippen LogP contribution >= 0.6 is 0 Å². The van der Waals surface area contributed by atoms with Gasteiger partial charge in [0.2, 0.25) is 5.95 Å². The first-order chi connectivity index (χ1) is 9.93. The number of nitrogens with two attached hydrogens (primary N) is 1. The molecule has 112 valence electrons. The van der Waals surface area contributed by atoms with E-state index in [1.54, 1.807) is 6.07 Å². The van der Waals surface area contributed by atoms with Crippen LogP contribution in [0.3, 0.4) is 0 Å². The molecule has 1 fully saturated rings. The first kappa shape index (κ1) is 13.7. The van der Waals surface area contributed by atoms with Crippen LogP contribution in [0.15, 0.2) is 18.5 Å². The molecule has 0 unspecified atom stereocenters. The summed E-state index contributed by atoms with van der Waals surface area (Å²) in [6, 6.07) is 1.64. The van der Waals surface area contributed by atoms with Crippen molar-refractivity contribution in [3.63, 3.8) is 0 Å². The van der Waals surface area contributed by atoms with Crippen LogP contribution in [0.25, 0.3) is 11.3 Å². The van der Waals surface area contributed by atoms with Crippen LogP contribution in [0.2, 0.25) is 0 Å². The zero-order chi connectivity index (χ0) is 15.0. The molecule has 9 heteroatoms. The van der Waals surface area contributed by atoms with Crippen LogP contribution < -0.4 is 10.6 Å². The summed E-state index contributed by atoms with van der Waals surface area (Å²) in [7, 11) is 0. The van der Waals surface area contributed by atoms with Crippen LogP contribution in [-0.2, 0) is 6.30 Å². The van der Waals surface area contributed by atoms with Crippen LogP contribution in [0.4, 0.5) is 24.9 Å². The van der Waals surface area contributed by atoms with Crippen LogP contribution in [0.1, 0.15) is 12.8 Å². The summed E-state index contributed by atoms with van der Waals surface area (Å²) in [6.45, 7) is 1.72. The number of nitrogens with zero attached hydrogens (tertiary/aromatic N) is 5. The van der Waals surface area contributed by atoms with Gasteiger partial charge in [0.15, 0.2) is 0 Å². The molecule has 1 saturated heterocycles. The third-order valence-electron chi connectivity index (χ3n) is 3.30. The van der Waals surface area contributed by atoms with Gasteiger partial charge in [0.25, 0.3) is 0 Å². The van der Waals surface area contributed by atoms with Gasteiger partial charge in [-0.2, -0.15) is 14.8 Å². The van der Waals surface area contributed by atoms with E-state index in [1.165, 1.54) is 0 Å². The molecule has 2 N–H and O–H groups in total. The third kappa shape index (κ3) is 2.76. The Morgan fingerprint density at radius 1 is 1.14 bits per heavy atom. The van der Waals surface area contributed by atoms with Crippen molar-refractivity contribution in [1.82, 2.24) is 19.7 Å². The van der Waals surface area contributed by atoms with E-state index in [1.807, 2.05) is 4.90 Å². The van der Waals surface area contributed by atoms with Crippen molar-refractivity contribution in [2.45, 2.75) is 19.1 Å². The molecule has 1 aliphatic heterocycles. The lowest BCUT2D eigenvalue weighted by molar-refractivity contribution is -0.212. The molecule has 21 heavy (non-hydrogen) atoms. The van der Waals surface area contributed by atoms with Gasteiger partial charge in [-0.3, -0.25) is 0 Å². The van der Waals surface area contributed by atoms with Gasteiger partial charge in [-0.15, -0.1) is 13.2 Å². The van der Waals surface area contributed by atoms with E-state index in [0.29, 0.717) is 11.5 Å². The summed E-state index contributed by atoms with van der Waals surface area (Å²) in [5.74, 6) is 0.670. The average Bonchev–Trinajstić information content (AvgIpc) is 3.09. The van der Waals surface area contributed by atoms with E-state index in [0.717, 1.165) is 38.3 Å². The minimum Gasteiger partial charge on any atom is -0.368 e. The highest BCUT2D eigenvalue weighted by atomic mass is 19.4. The Bertz CT molecular complexity index is 645. The maximum atomic E-state index is 12.6. The predicted octanol–water partition coefficient (Wildman–Crippen LogP) is 2.00. The zero-order valence-corrected chi connectivity index (χ0v) is 11.0. The SMILES string of the molecule is Nc1nc(-c2cnn(C(F)(F)F)c2)cc(N2CCCC2)n1. The van der Waals surface area contributed by atoms with Gasteiger partial charge in [0, 0.05) is 30.9 Å². The minimum absolute atomic E-state index is 0.0363. The molecule has 0 aromatic carbocycles. The predicted molar refractivity (Wildman–Crippen MR) is 70.4 cm³/mol. The highest BCUT2D eigenvalue weighted by Crippen LogP contribution is 2.27. The fourth-order valence-corrected chi connectivity index (χ4v) is 2.30. The average molecular weight is 298 g/mol. The maximum Gasteiger partial charge on any atom is 0.504 e. The van der Waals surface area contributed by atoms with Gasteiger partial charge >= 0.3 is 6.30 Å². The van der Waals surface area contributed by atoms with Crippen molar-refractivity contribution >= 4 is 11.8 Å². The van der Waals surface area contributed by atoms with E-state index < -0.39 is 6.30 Å². The van der Waals surface area contributed by atoms with E-state index in [-0.39, 0.29) is 16.2 Å². The summed E-state index contributed by atoms with van der Waals surface area (Å²) in [6.07, 6.45) is -0.427. The maximum absolute atomic E-state index is 12.6. The van der Waals surface area contributed by atoms with Crippen molar-refractivity contribution in [3.8, 4) is 11.3 Å². The summed E-state index contributed by atoms with van der Waals surface area (Å²) in [5, 5.41) is 3.30. The Morgan fingerprint density at radius 3 is 2.48 bits per heavy atom. The Kier molecular flexibility index (Phi) is 3.19. The van der Waals surface area contributed by atoms with Gasteiger partial charge in [-0.05, 0) is 12.8 Å². The lowest BCUT2D eigenvalue weighted by Crippen LogP contribution is -2.19. The zero-order valence-electron chi connectivity index (χ0n) is 11.0. The van der Waals surface area contributed by atoms with Crippen molar-refractivity contribution in [1.29, 1.82) is 0 Å². The molecule has 3 heterocycles. The van der Waals surface area contributed by atoms with Crippen molar-refractivity contribution in [2.24, 2.45) is 0 Å². The van der Waals surface area contributed by atoms with E-state index in [2.05, 4.69) is 15.1 Å². The molecule has 2 aromatic rings. The monoisotopic (exact) mass is 298 g/mol. The van der Waals surface area contributed by atoms with Crippen molar-refractivity contribution < 1.29 is 13.2 Å². The van der Waals surface area contributed by atoms with Gasteiger partial charge in [-0.1, -0.05) is 0 Å².